The number of unbranched alkanes of at least 4 members (excludes halogenated alkanes) is 1. The summed E-state index contributed by atoms with van der Waals surface area (Å²) in [6.45, 7) is 10.8. The van der Waals surface area contributed by atoms with Crippen LogP contribution in [0.25, 0.3) is 0 Å². The fourth-order valence-corrected chi connectivity index (χ4v) is 0.432. The number of hydrogen-bond acceptors (Lipinski definition) is 3. The summed E-state index contributed by atoms with van der Waals surface area (Å²) in [6, 6.07) is 1.69. The first kappa shape index (κ1) is 14.9. The molecule has 0 bridgehead atoms. The van der Waals surface area contributed by atoms with Crippen LogP contribution in [0, 0.1) is 11.3 Å². The molecule has 0 aromatic heterocycles. The molecule has 0 rings (SSSR count). The molecule has 0 aliphatic carbocycles. The van der Waals surface area contributed by atoms with Gasteiger partial charge in [-0.2, -0.15) is 5.26 Å². The van der Waals surface area contributed by atoms with Crippen LogP contribution in [0.4, 0.5) is 0 Å². The Hall–Kier alpha value is -1.56. The zero-order chi connectivity index (χ0) is 11.4. The monoisotopic (exact) mass is 195 g/mol. The van der Waals surface area contributed by atoms with Gasteiger partial charge in [-0.1, -0.05) is 26.5 Å². The second-order valence-corrected chi connectivity index (χ2v) is 2.60. The van der Waals surface area contributed by atoms with Crippen molar-refractivity contribution in [3.8, 4) is 6.07 Å². The Bertz CT molecular complexity index is 226. The summed E-state index contributed by atoms with van der Waals surface area (Å²) in [6.07, 6.45) is 3.16. The highest BCUT2D eigenvalue weighted by atomic mass is 16.5. The first-order chi connectivity index (χ1) is 6.59. The quantitative estimate of drug-likeness (QED) is 0.300. The SMILES string of the molecule is C=C(C)C(=O)OCCCC.C=CC#N. The first-order valence-electron chi connectivity index (χ1n) is 4.43. The van der Waals surface area contributed by atoms with E-state index in [-0.39, 0.29) is 5.97 Å². The van der Waals surface area contributed by atoms with Gasteiger partial charge in [-0.25, -0.2) is 4.79 Å². The lowest BCUT2D eigenvalue weighted by molar-refractivity contribution is -0.139. The minimum atomic E-state index is -0.284. The summed E-state index contributed by atoms with van der Waals surface area (Å²) in [5.41, 5.74) is 0.469. The van der Waals surface area contributed by atoms with Crippen molar-refractivity contribution >= 4 is 5.97 Å². The highest BCUT2D eigenvalue weighted by molar-refractivity contribution is 5.86. The fourth-order valence-electron chi connectivity index (χ4n) is 0.432. The highest BCUT2D eigenvalue weighted by Gasteiger charge is 2.00. The second kappa shape index (κ2) is 11.4. The molecule has 0 radical (unpaired) electrons. The molecule has 0 spiro atoms. The molecule has 0 amide bonds. The van der Waals surface area contributed by atoms with E-state index in [1.807, 2.05) is 0 Å². The number of esters is 1. The van der Waals surface area contributed by atoms with Gasteiger partial charge in [-0.15, -0.1) is 0 Å². The number of ether oxygens (including phenoxy) is 1. The van der Waals surface area contributed by atoms with Gasteiger partial charge in [-0.3, -0.25) is 0 Å². The maximum atomic E-state index is 10.7. The van der Waals surface area contributed by atoms with Crippen molar-refractivity contribution in [2.75, 3.05) is 6.61 Å². The summed E-state index contributed by atoms with van der Waals surface area (Å²) in [7, 11) is 0. The number of nitrogens with zero attached hydrogens (tertiary/aromatic N) is 1. The van der Waals surface area contributed by atoms with E-state index in [0.29, 0.717) is 12.2 Å². The fraction of sp³-hybridized carbons (Fsp3) is 0.455. The van der Waals surface area contributed by atoms with Gasteiger partial charge in [0, 0.05) is 11.6 Å². The van der Waals surface area contributed by atoms with Gasteiger partial charge in [0.05, 0.1) is 12.7 Å². The molecule has 0 N–H and O–H groups in total. The second-order valence-electron chi connectivity index (χ2n) is 2.60. The summed E-state index contributed by atoms with van der Waals surface area (Å²) < 4.78 is 4.81. The minimum absolute atomic E-state index is 0.284. The van der Waals surface area contributed by atoms with Gasteiger partial charge < -0.3 is 4.74 Å². The van der Waals surface area contributed by atoms with Crippen LogP contribution in [-0.4, -0.2) is 12.6 Å². The average molecular weight is 195 g/mol. The maximum absolute atomic E-state index is 10.7. The van der Waals surface area contributed by atoms with Crippen LogP contribution in [0.3, 0.4) is 0 Å². The molecule has 0 saturated carbocycles. The van der Waals surface area contributed by atoms with E-state index in [4.69, 9.17) is 10.00 Å². The van der Waals surface area contributed by atoms with E-state index in [0.717, 1.165) is 12.8 Å². The summed E-state index contributed by atoms with van der Waals surface area (Å²) in [4.78, 5) is 10.7. The van der Waals surface area contributed by atoms with Crippen LogP contribution in [0.15, 0.2) is 24.8 Å². The molecule has 0 heterocycles. The van der Waals surface area contributed by atoms with E-state index < -0.39 is 0 Å². The lowest BCUT2D eigenvalue weighted by atomic mass is 10.3. The summed E-state index contributed by atoms with van der Waals surface area (Å²) in [5, 5.41) is 7.51. The van der Waals surface area contributed by atoms with Gasteiger partial charge in [0.25, 0.3) is 0 Å². The number of rotatable bonds is 4. The normalized spacial score (nSPS) is 7.50. The zero-order valence-electron chi connectivity index (χ0n) is 8.88. The molecule has 78 valence electrons. The van der Waals surface area contributed by atoms with Crippen molar-refractivity contribution in [1.29, 1.82) is 5.26 Å². The van der Waals surface area contributed by atoms with Crippen molar-refractivity contribution in [3.63, 3.8) is 0 Å². The van der Waals surface area contributed by atoms with Crippen molar-refractivity contribution in [1.82, 2.24) is 0 Å². The van der Waals surface area contributed by atoms with Gasteiger partial charge in [0.2, 0.25) is 0 Å². The Labute approximate surface area is 85.7 Å². The zero-order valence-corrected chi connectivity index (χ0v) is 8.88. The van der Waals surface area contributed by atoms with Crippen LogP contribution in [-0.2, 0) is 9.53 Å². The lowest BCUT2D eigenvalue weighted by Crippen LogP contribution is -2.05. The Morgan fingerprint density at radius 3 is 2.43 bits per heavy atom. The Balaban J connectivity index is 0. The van der Waals surface area contributed by atoms with Crippen molar-refractivity contribution in [2.24, 2.45) is 0 Å². The molecular formula is C11H17NO2. The Morgan fingerprint density at radius 1 is 1.64 bits per heavy atom. The van der Waals surface area contributed by atoms with E-state index >= 15 is 0 Å². The average Bonchev–Trinajstić information content (AvgIpc) is 2.18. The van der Waals surface area contributed by atoms with E-state index in [9.17, 15) is 4.79 Å². The molecule has 0 aliphatic rings. The highest BCUT2D eigenvalue weighted by Crippen LogP contribution is 1.94. The molecular weight excluding hydrogens is 178 g/mol. The van der Waals surface area contributed by atoms with Crippen LogP contribution in [0.2, 0.25) is 0 Å². The van der Waals surface area contributed by atoms with Crippen LogP contribution in [0.1, 0.15) is 26.7 Å². The molecule has 0 aliphatic heterocycles. The van der Waals surface area contributed by atoms with Gasteiger partial charge in [0.1, 0.15) is 0 Å². The standard InChI is InChI=1S/C8H14O2.C3H3N/c1-4-5-6-10-8(9)7(2)3;1-2-3-4/h2,4-6H2,1,3H3;2H,1H2. The number of nitriles is 1. The Morgan fingerprint density at radius 2 is 2.14 bits per heavy atom. The number of carbonyl (C=O) groups is 1. The number of allylic oxidation sites excluding steroid dienone is 1. The van der Waals surface area contributed by atoms with Gasteiger partial charge >= 0.3 is 5.97 Å². The molecule has 0 fully saturated rings. The van der Waals surface area contributed by atoms with Crippen LogP contribution in [0.5, 0.6) is 0 Å². The summed E-state index contributed by atoms with van der Waals surface area (Å²) in [5.74, 6) is -0.284. The molecule has 3 nitrogen and oxygen atoms in total. The lowest BCUT2D eigenvalue weighted by Gasteiger charge is -2.01. The third-order valence-electron chi connectivity index (χ3n) is 1.17. The number of carbonyl (C=O) groups excluding carboxylic acids is 1. The topological polar surface area (TPSA) is 50.1 Å². The van der Waals surface area contributed by atoms with Crippen molar-refractivity contribution < 1.29 is 9.53 Å². The largest absolute Gasteiger partial charge is 0.462 e. The third-order valence-corrected chi connectivity index (χ3v) is 1.17. The molecule has 0 aromatic rings. The van der Waals surface area contributed by atoms with Crippen molar-refractivity contribution in [2.45, 2.75) is 26.7 Å². The van der Waals surface area contributed by atoms with E-state index in [1.165, 1.54) is 6.08 Å². The maximum Gasteiger partial charge on any atom is 0.333 e. The van der Waals surface area contributed by atoms with E-state index in [1.54, 1.807) is 13.0 Å². The first-order valence-corrected chi connectivity index (χ1v) is 4.43. The molecule has 14 heavy (non-hydrogen) atoms. The predicted octanol–water partition coefficient (Wildman–Crippen LogP) is 2.60. The van der Waals surface area contributed by atoms with Crippen LogP contribution < -0.4 is 0 Å². The minimum Gasteiger partial charge on any atom is -0.462 e. The third kappa shape index (κ3) is 13.1. The van der Waals surface area contributed by atoms with Crippen LogP contribution >= 0.6 is 0 Å². The van der Waals surface area contributed by atoms with Gasteiger partial charge in [0.15, 0.2) is 0 Å². The van der Waals surface area contributed by atoms with Gasteiger partial charge in [-0.05, 0) is 13.3 Å². The number of hydrogen-bond donors (Lipinski definition) is 0. The smallest absolute Gasteiger partial charge is 0.333 e. The molecule has 0 atom stereocenters. The summed E-state index contributed by atoms with van der Waals surface area (Å²) >= 11 is 0. The molecule has 3 heteroatoms. The molecule has 0 saturated heterocycles. The molecule has 0 aromatic carbocycles. The molecule has 0 unspecified atom stereocenters. The van der Waals surface area contributed by atoms with Crippen molar-refractivity contribution in [3.05, 3.63) is 24.8 Å². The van der Waals surface area contributed by atoms with E-state index in [2.05, 4.69) is 20.1 Å². The Kier molecular flexibility index (Phi) is 12.2. The predicted molar refractivity (Wildman–Crippen MR) is 56.5 cm³/mol.